The van der Waals surface area contributed by atoms with Crippen LogP contribution in [0.1, 0.15) is 32.6 Å². The van der Waals surface area contributed by atoms with E-state index in [1.807, 2.05) is 12.4 Å². The van der Waals surface area contributed by atoms with Crippen LogP contribution in [-0.4, -0.2) is 55.2 Å². The molecule has 1 aromatic rings. The Morgan fingerprint density at radius 2 is 1.85 bits per heavy atom. The van der Waals surface area contributed by atoms with Crippen LogP contribution in [0, 0.1) is 5.92 Å². The summed E-state index contributed by atoms with van der Waals surface area (Å²) in [6, 6.07) is 3.96. The minimum absolute atomic E-state index is 0.00271. The largest absolute Gasteiger partial charge is 0.360 e. The van der Waals surface area contributed by atoms with Gasteiger partial charge in [0.1, 0.15) is 5.54 Å². The lowest BCUT2D eigenvalue weighted by Gasteiger charge is -2.35. The molecule has 1 saturated carbocycles. The van der Waals surface area contributed by atoms with Crippen LogP contribution in [0.3, 0.4) is 0 Å². The number of imide groups is 1. The number of nitrogens with zero attached hydrogens (tertiary/aromatic N) is 2. The van der Waals surface area contributed by atoms with E-state index in [1.165, 1.54) is 15.5 Å². The third-order valence-corrected chi connectivity index (χ3v) is 6.29. The smallest absolute Gasteiger partial charge is 0.329 e. The van der Waals surface area contributed by atoms with Crippen LogP contribution < -0.4 is 20.1 Å². The number of carbonyl (C=O) groups excluding carboxylic acids is 2. The lowest BCUT2D eigenvalue weighted by molar-refractivity contribution is -0.907. The summed E-state index contributed by atoms with van der Waals surface area (Å²) < 4.78 is 0. The molecule has 3 N–H and O–H groups in total. The Labute approximate surface area is 154 Å². The van der Waals surface area contributed by atoms with Crippen molar-refractivity contribution in [1.82, 2.24) is 10.2 Å². The molecule has 3 fully saturated rings. The molecule has 2 saturated heterocycles. The number of rotatable bonds is 3. The highest BCUT2D eigenvalue weighted by Gasteiger charge is 2.53. The second-order valence-electron chi connectivity index (χ2n) is 8.08. The molecule has 3 aliphatic rings. The summed E-state index contributed by atoms with van der Waals surface area (Å²) in [5, 5.41) is 3.02. The monoisotopic (exact) mass is 359 g/mol. The molecule has 3 amide bonds. The molecule has 7 heteroatoms. The van der Waals surface area contributed by atoms with Crippen LogP contribution in [-0.2, 0) is 4.79 Å². The van der Waals surface area contributed by atoms with Crippen LogP contribution in [0.15, 0.2) is 24.5 Å². The Morgan fingerprint density at radius 1 is 1.19 bits per heavy atom. The summed E-state index contributed by atoms with van der Waals surface area (Å²) in [4.78, 5) is 33.6. The number of aromatic nitrogens is 1. The van der Waals surface area contributed by atoms with Crippen molar-refractivity contribution in [3.8, 4) is 0 Å². The Balaban J connectivity index is 1.35. The van der Waals surface area contributed by atoms with Crippen molar-refractivity contribution in [2.24, 2.45) is 5.92 Å². The fourth-order valence-corrected chi connectivity index (χ4v) is 4.47. The first-order valence-corrected chi connectivity index (χ1v) is 9.76. The molecule has 7 nitrogen and oxygen atoms in total. The van der Waals surface area contributed by atoms with Crippen LogP contribution in [0.2, 0.25) is 0 Å². The van der Waals surface area contributed by atoms with Crippen LogP contribution >= 0.6 is 0 Å². The number of aromatic amines is 1. The number of carbonyl (C=O) groups is 2. The summed E-state index contributed by atoms with van der Waals surface area (Å²) in [7, 11) is 0. The predicted molar refractivity (Wildman–Crippen MR) is 96.5 cm³/mol. The summed E-state index contributed by atoms with van der Waals surface area (Å²) in [6.45, 7) is 6.44. The number of hydrogen-bond acceptors (Lipinski definition) is 3. The summed E-state index contributed by atoms with van der Waals surface area (Å²) in [5.41, 5.74) is 0.596. The molecule has 0 aromatic carbocycles. The second kappa shape index (κ2) is 6.87. The highest BCUT2D eigenvalue weighted by Crippen LogP contribution is 2.35. The van der Waals surface area contributed by atoms with Crippen molar-refractivity contribution in [3.05, 3.63) is 24.5 Å². The zero-order valence-electron chi connectivity index (χ0n) is 15.5. The Kier molecular flexibility index (Phi) is 4.56. The molecular formula is C19H29N5O2+2. The maximum Gasteiger partial charge on any atom is 0.329 e. The Hall–Kier alpha value is -2.15. The van der Waals surface area contributed by atoms with Gasteiger partial charge in [0.15, 0.2) is 19.1 Å². The first kappa shape index (κ1) is 17.3. The molecule has 0 unspecified atom stereocenters. The van der Waals surface area contributed by atoms with Gasteiger partial charge in [-0.05, 0) is 31.6 Å². The van der Waals surface area contributed by atoms with E-state index < -0.39 is 5.54 Å². The van der Waals surface area contributed by atoms with Crippen molar-refractivity contribution >= 4 is 17.6 Å². The summed E-state index contributed by atoms with van der Waals surface area (Å²) >= 11 is 0. The van der Waals surface area contributed by atoms with Gasteiger partial charge in [0.05, 0.1) is 26.2 Å². The highest BCUT2D eigenvalue weighted by atomic mass is 16.2. The van der Waals surface area contributed by atoms with Gasteiger partial charge in [-0.1, -0.05) is 6.92 Å². The number of anilines is 1. The minimum atomic E-state index is -0.620. The van der Waals surface area contributed by atoms with Crippen molar-refractivity contribution in [2.45, 2.75) is 38.1 Å². The van der Waals surface area contributed by atoms with Crippen molar-refractivity contribution < 1.29 is 19.5 Å². The van der Waals surface area contributed by atoms with Gasteiger partial charge in [-0.2, -0.15) is 0 Å². The van der Waals surface area contributed by atoms with Crippen molar-refractivity contribution in [2.75, 3.05) is 37.7 Å². The SMILES string of the molecule is CC1CCC2(CC1)NC(=O)N(C[NH+]1CCN(c3cc[nH+]cc3)CC1)C2=O. The number of amides is 3. The topological polar surface area (TPSA) is 71.2 Å². The fourth-order valence-electron chi connectivity index (χ4n) is 4.47. The lowest BCUT2D eigenvalue weighted by Crippen LogP contribution is -3.16. The number of nitrogens with one attached hydrogen (secondary N) is 3. The van der Waals surface area contributed by atoms with Gasteiger partial charge >= 0.3 is 6.03 Å². The molecule has 140 valence electrons. The number of quaternary nitrogens is 1. The zero-order chi connectivity index (χ0) is 18.1. The number of pyridine rings is 1. The fraction of sp³-hybridized carbons (Fsp3) is 0.632. The molecule has 0 atom stereocenters. The van der Waals surface area contributed by atoms with E-state index in [0.29, 0.717) is 12.6 Å². The van der Waals surface area contributed by atoms with Gasteiger partial charge in [0.2, 0.25) is 0 Å². The van der Waals surface area contributed by atoms with Gasteiger partial charge in [0, 0.05) is 17.8 Å². The van der Waals surface area contributed by atoms with Gasteiger partial charge in [-0.25, -0.2) is 14.7 Å². The van der Waals surface area contributed by atoms with E-state index in [-0.39, 0.29) is 11.9 Å². The maximum absolute atomic E-state index is 13.0. The zero-order valence-corrected chi connectivity index (χ0v) is 15.5. The van der Waals surface area contributed by atoms with Gasteiger partial charge in [-0.15, -0.1) is 0 Å². The Morgan fingerprint density at radius 3 is 2.50 bits per heavy atom. The Bertz CT molecular complexity index is 664. The van der Waals surface area contributed by atoms with Gasteiger partial charge in [0.25, 0.3) is 5.91 Å². The first-order valence-electron chi connectivity index (χ1n) is 9.76. The van der Waals surface area contributed by atoms with E-state index in [0.717, 1.165) is 51.9 Å². The molecule has 1 aromatic heterocycles. The molecule has 0 bridgehead atoms. The quantitative estimate of drug-likeness (QED) is 0.726. The molecule has 26 heavy (non-hydrogen) atoms. The van der Waals surface area contributed by atoms with E-state index in [9.17, 15) is 9.59 Å². The average Bonchev–Trinajstić information content (AvgIpc) is 2.90. The summed E-state index contributed by atoms with van der Waals surface area (Å²) in [5.74, 6) is 0.650. The van der Waals surface area contributed by atoms with E-state index in [1.54, 1.807) is 0 Å². The number of hydrogen-bond donors (Lipinski definition) is 2. The second-order valence-corrected chi connectivity index (χ2v) is 8.08. The molecule has 1 spiro atoms. The van der Waals surface area contributed by atoms with Gasteiger partial charge < -0.3 is 15.1 Å². The molecular weight excluding hydrogens is 330 g/mol. The number of urea groups is 1. The molecule has 3 heterocycles. The van der Waals surface area contributed by atoms with Crippen LogP contribution in [0.5, 0.6) is 0 Å². The average molecular weight is 359 g/mol. The highest BCUT2D eigenvalue weighted by molar-refractivity contribution is 6.06. The first-order chi connectivity index (χ1) is 12.6. The normalized spacial score (nSPS) is 30.1. The van der Waals surface area contributed by atoms with E-state index >= 15 is 0 Å². The number of H-pyrrole nitrogens is 1. The van der Waals surface area contributed by atoms with E-state index in [2.05, 4.69) is 34.3 Å². The standard InChI is InChI=1S/C19H27N5O2/c1-15-2-6-19(7-3-15)17(25)24(18(26)21-19)14-22-10-12-23(13-11-22)16-4-8-20-9-5-16/h4-5,8-9,15H,2-3,6-7,10-14H2,1H3,(H,21,26)/p+2. The van der Waals surface area contributed by atoms with E-state index in [4.69, 9.17) is 0 Å². The van der Waals surface area contributed by atoms with Gasteiger partial charge in [-0.3, -0.25) is 4.79 Å². The molecule has 4 rings (SSSR count). The van der Waals surface area contributed by atoms with Crippen LogP contribution in [0.25, 0.3) is 0 Å². The predicted octanol–water partition coefficient (Wildman–Crippen LogP) is -0.336. The summed E-state index contributed by atoms with van der Waals surface area (Å²) in [6.07, 6.45) is 7.46. The minimum Gasteiger partial charge on any atom is -0.360 e. The maximum atomic E-state index is 13.0. The number of piperazine rings is 1. The lowest BCUT2D eigenvalue weighted by atomic mass is 9.77. The molecule has 0 radical (unpaired) electrons. The third kappa shape index (κ3) is 3.16. The van der Waals surface area contributed by atoms with Crippen molar-refractivity contribution in [3.63, 3.8) is 0 Å². The van der Waals surface area contributed by atoms with Crippen molar-refractivity contribution in [1.29, 1.82) is 0 Å². The third-order valence-electron chi connectivity index (χ3n) is 6.29. The molecule has 2 aliphatic heterocycles. The van der Waals surface area contributed by atoms with Crippen LogP contribution in [0.4, 0.5) is 10.5 Å². The molecule has 1 aliphatic carbocycles.